The van der Waals surface area contributed by atoms with Gasteiger partial charge >= 0.3 is 0 Å². The fourth-order valence-electron chi connectivity index (χ4n) is 4.98. The number of benzene rings is 2. The molecule has 5 rings (SSSR count). The van der Waals surface area contributed by atoms with Gasteiger partial charge in [-0.1, -0.05) is 79.3 Å². The first-order chi connectivity index (χ1) is 18.2. The Bertz CT molecular complexity index is 1260. The van der Waals surface area contributed by atoms with Crippen LogP contribution in [0.25, 0.3) is 11.0 Å². The summed E-state index contributed by atoms with van der Waals surface area (Å²) in [6, 6.07) is 20.5. The third-order valence-corrected chi connectivity index (χ3v) is 7.55. The number of carbonyl (C=O) groups is 1. The molecule has 192 valence electrons. The van der Waals surface area contributed by atoms with Crippen molar-refractivity contribution >= 4 is 34.5 Å². The molecule has 0 radical (unpaired) electrons. The number of anilines is 1. The van der Waals surface area contributed by atoms with Crippen molar-refractivity contribution in [2.45, 2.75) is 50.2 Å². The normalized spacial score (nSPS) is 13.8. The van der Waals surface area contributed by atoms with E-state index in [9.17, 15) is 4.79 Å². The topological polar surface area (TPSA) is 75.9 Å². The predicted octanol–water partition coefficient (Wildman–Crippen LogP) is 5.27. The van der Waals surface area contributed by atoms with Crippen LogP contribution in [0, 0.1) is 0 Å². The number of nitrogens with zero attached hydrogens (tertiary/aromatic N) is 5. The van der Waals surface area contributed by atoms with E-state index in [1.54, 1.807) is 11.8 Å². The van der Waals surface area contributed by atoms with Crippen molar-refractivity contribution in [3.8, 4) is 0 Å². The first-order valence-corrected chi connectivity index (χ1v) is 14.2. The van der Waals surface area contributed by atoms with Gasteiger partial charge in [-0.15, -0.1) is 0 Å². The predicted molar refractivity (Wildman–Crippen MR) is 150 cm³/mol. The van der Waals surface area contributed by atoms with E-state index in [0.29, 0.717) is 19.5 Å². The molecule has 2 aromatic heterocycles. The Labute approximate surface area is 222 Å². The number of fused-ring (bicyclic) bond motifs is 1. The van der Waals surface area contributed by atoms with Crippen molar-refractivity contribution in [2.75, 3.05) is 30.3 Å². The molecule has 4 aromatic rings. The van der Waals surface area contributed by atoms with Crippen LogP contribution in [-0.2, 0) is 11.3 Å². The van der Waals surface area contributed by atoms with Gasteiger partial charge in [-0.05, 0) is 36.1 Å². The summed E-state index contributed by atoms with van der Waals surface area (Å²) >= 11 is 1.65. The third kappa shape index (κ3) is 6.13. The number of piperidine rings is 1. The molecule has 0 bridgehead atoms. The lowest BCUT2D eigenvalue weighted by molar-refractivity contribution is -0.121. The number of thioether (sulfide) groups is 1. The maximum Gasteiger partial charge on any atom is 0.221 e. The van der Waals surface area contributed by atoms with Crippen LogP contribution in [0.15, 0.2) is 72.0 Å². The van der Waals surface area contributed by atoms with Gasteiger partial charge in [0.25, 0.3) is 0 Å². The minimum absolute atomic E-state index is 0.0152. The second-order valence-corrected chi connectivity index (χ2v) is 10.6. The summed E-state index contributed by atoms with van der Waals surface area (Å²) in [7, 11) is 0. The van der Waals surface area contributed by atoms with Gasteiger partial charge in [0.05, 0.1) is 18.1 Å². The number of carbonyl (C=O) groups excluding carboxylic acids is 1. The van der Waals surface area contributed by atoms with Crippen molar-refractivity contribution in [1.29, 1.82) is 0 Å². The van der Waals surface area contributed by atoms with E-state index in [1.807, 2.05) is 47.3 Å². The third-order valence-electron chi connectivity index (χ3n) is 6.82. The van der Waals surface area contributed by atoms with Crippen LogP contribution in [0.5, 0.6) is 0 Å². The Morgan fingerprint density at radius 3 is 2.30 bits per heavy atom. The Morgan fingerprint density at radius 1 is 0.973 bits per heavy atom. The molecule has 2 aromatic carbocycles. The van der Waals surface area contributed by atoms with Crippen LogP contribution in [0.3, 0.4) is 0 Å². The highest BCUT2D eigenvalue weighted by Gasteiger charge is 2.21. The Hall–Kier alpha value is -3.39. The van der Waals surface area contributed by atoms with Gasteiger partial charge in [-0.3, -0.25) is 4.79 Å². The molecular formula is C29H34N6OS. The molecule has 1 amide bonds. The zero-order chi connectivity index (χ0) is 25.5. The van der Waals surface area contributed by atoms with Gasteiger partial charge in [0, 0.05) is 32.0 Å². The standard InChI is InChI=1S/C29H34N6OS/c1-2-37-29-32-27(34-17-10-5-11-18-34)25-21-31-35(28(25)33-29)19-16-30-26(36)20-24(22-12-6-3-7-13-22)23-14-8-4-9-15-23/h3-4,6-9,12-15,21,24H,2,5,10-11,16-20H2,1H3,(H,30,36). The summed E-state index contributed by atoms with van der Waals surface area (Å²) in [4.78, 5) is 25.1. The highest BCUT2D eigenvalue weighted by Crippen LogP contribution is 2.30. The van der Waals surface area contributed by atoms with Crippen LogP contribution < -0.4 is 10.2 Å². The molecule has 0 aliphatic carbocycles. The van der Waals surface area contributed by atoms with Gasteiger partial charge < -0.3 is 10.2 Å². The minimum atomic E-state index is 0.0152. The molecule has 1 fully saturated rings. The van der Waals surface area contributed by atoms with Crippen LogP contribution in [0.1, 0.15) is 49.7 Å². The van der Waals surface area contributed by atoms with Crippen molar-refractivity contribution in [2.24, 2.45) is 0 Å². The smallest absolute Gasteiger partial charge is 0.221 e. The van der Waals surface area contributed by atoms with Crippen LogP contribution >= 0.6 is 11.8 Å². The van der Waals surface area contributed by atoms with Gasteiger partial charge in [-0.25, -0.2) is 14.6 Å². The number of amides is 1. The minimum Gasteiger partial charge on any atom is -0.356 e. The number of hydrogen-bond acceptors (Lipinski definition) is 6. The summed E-state index contributed by atoms with van der Waals surface area (Å²) in [5.41, 5.74) is 3.13. The summed E-state index contributed by atoms with van der Waals surface area (Å²) in [6.07, 6.45) is 5.92. The molecule has 1 aliphatic heterocycles. The summed E-state index contributed by atoms with van der Waals surface area (Å²) < 4.78 is 1.90. The van der Waals surface area contributed by atoms with Crippen molar-refractivity contribution in [1.82, 2.24) is 25.1 Å². The largest absolute Gasteiger partial charge is 0.356 e. The zero-order valence-corrected chi connectivity index (χ0v) is 22.2. The van der Waals surface area contributed by atoms with E-state index in [4.69, 9.17) is 9.97 Å². The molecule has 3 heterocycles. The SMILES string of the molecule is CCSc1nc(N2CCCCC2)c2cnn(CCNC(=O)CC(c3ccccc3)c3ccccc3)c2n1. The van der Waals surface area contributed by atoms with E-state index in [2.05, 4.69) is 46.5 Å². The molecule has 0 spiro atoms. The molecule has 0 atom stereocenters. The number of aromatic nitrogens is 4. The van der Waals surface area contributed by atoms with Crippen molar-refractivity contribution < 1.29 is 4.79 Å². The first-order valence-electron chi connectivity index (χ1n) is 13.2. The fourth-order valence-corrected chi connectivity index (χ4v) is 5.54. The van der Waals surface area contributed by atoms with E-state index >= 15 is 0 Å². The van der Waals surface area contributed by atoms with Crippen LogP contribution in [0.4, 0.5) is 5.82 Å². The molecule has 0 unspecified atom stereocenters. The summed E-state index contributed by atoms with van der Waals surface area (Å²) in [5.74, 6) is 1.95. The molecule has 1 saturated heterocycles. The second kappa shape index (κ2) is 12.2. The van der Waals surface area contributed by atoms with Crippen LogP contribution in [0.2, 0.25) is 0 Å². The lowest BCUT2D eigenvalue weighted by Gasteiger charge is -2.28. The Kier molecular flexibility index (Phi) is 8.35. The quantitative estimate of drug-likeness (QED) is 0.230. The van der Waals surface area contributed by atoms with E-state index in [1.165, 1.54) is 19.3 Å². The van der Waals surface area contributed by atoms with E-state index in [-0.39, 0.29) is 11.8 Å². The highest BCUT2D eigenvalue weighted by atomic mass is 32.2. The number of rotatable bonds is 10. The molecule has 1 aliphatic rings. The van der Waals surface area contributed by atoms with Gasteiger partial charge in [0.1, 0.15) is 5.82 Å². The average molecular weight is 515 g/mol. The Morgan fingerprint density at radius 2 is 1.65 bits per heavy atom. The Balaban J connectivity index is 1.28. The van der Waals surface area contributed by atoms with Crippen LogP contribution in [-0.4, -0.2) is 51.0 Å². The number of nitrogens with one attached hydrogen (secondary N) is 1. The van der Waals surface area contributed by atoms with E-state index in [0.717, 1.165) is 52.0 Å². The fraction of sp³-hybridized carbons (Fsp3) is 0.379. The maximum absolute atomic E-state index is 13.0. The van der Waals surface area contributed by atoms with Gasteiger partial charge in [-0.2, -0.15) is 5.10 Å². The maximum atomic E-state index is 13.0. The summed E-state index contributed by atoms with van der Waals surface area (Å²) in [6.45, 7) is 5.21. The molecule has 8 heteroatoms. The summed E-state index contributed by atoms with van der Waals surface area (Å²) in [5, 5.41) is 9.52. The molecule has 0 saturated carbocycles. The van der Waals surface area contributed by atoms with Gasteiger partial charge in [0.15, 0.2) is 10.8 Å². The van der Waals surface area contributed by atoms with Gasteiger partial charge in [0.2, 0.25) is 5.91 Å². The van der Waals surface area contributed by atoms with Crippen molar-refractivity contribution in [3.63, 3.8) is 0 Å². The van der Waals surface area contributed by atoms with Crippen molar-refractivity contribution in [3.05, 3.63) is 78.0 Å². The zero-order valence-electron chi connectivity index (χ0n) is 21.3. The second-order valence-electron chi connectivity index (χ2n) is 9.34. The average Bonchev–Trinajstić information content (AvgIpc) is 3.35. The lowest BCUT2D eigenvalue weighted by Crippen LogP contribution is -2.30. The monoisotopic (exact) mass is 514 g/mol. The lowest BCUT2D eigenvalue weighted by atomic mass is 9.88. The molecule has 1 N–H and O–H groups in total. The molecule has 7 nitrogen and oxygen atoms in total. The number of hydrogen-bond donors (Lipinski definition) is 1. The molecular weight excluding hydrogens is 480 g/mol. The molecule has 37 heavy (non-hydrogen) atoms. The first kappa shape index (κ1) is 25.3. The highest BCUT2D eigenvalue weighted by molar-refractivity contribution is 7.99. The van der Waals surface area contributed by atoms with E-state index < -0.39 is 0 Å².